The molecule has 1 N–H and O–H groups in total. The molecule has 0 aliphatic heterocycles. The lowest BCUT2D eigenvalue weighted by Crippen LogP contribution is -2.61. The number of hydrogen-bond donors (Lipinski definition) is 1. The van der Waals surface area contributed by atoms with Crippen LogP contribution >= 0.6 is 0 Å². The van der Waals surface area contributed by atoms with E-state index in [0.29, 0.717) is 18.3 Å². The molecule has 4 fully saturated rings. The number of fused-ring (bicyclic) bond motifs is 1. The SMILES string of the molecule is CCC(C)(C)C(=O)OC1(C)CCc2ccccc21.CCC(C)(C)C(=O)OC12CC3CC(CC(O)(C3)C1)C2. The Balaban J connectivity index is 0.000000173. The van der Waals surface area contributed by atoms with Crippen LogP contribution in [0.4, 0.5) is 0 Å². The highest BCUT2D eigenvalue weighted by atomic mass is 16.6. The minimum atomic E-state index is -0.555. The molecule has 0 radical (unpaired) electrons. The molecule has 3 unspecified atom stereocenters. The molecule has 0 spiro atoms. The maximum atomic E-state index is 12.4. The van der Waals surface area contributed by atoms with Gasteiger partial charge in [0.2, 0.25) is 0 Å². The predicted octanol–water partition coefficient (Wildman–Crippen LogP) is 6.88. The Labute approximate surface area is 223 Å². The smallest absolute Gasteiger partial charge is 0.312 e. The number of hydrogen-bond acceptors (Lipinski definition) is 5. The Bertz CT molecular complexity index is 1010. The first-order valence-electron chi connectivity index (χ1n) is 14.4. The molecule has 5 aliphatic rings. The van der Waals surface area contributed by atoms with Crippen LogP contribution < -0.4 is 0 Å². The van der Waals surface area contributed by atoms with Crippen LogP contribution in [-0.2, 0) is 31.1 Å². The van der Waals surface area contributed by atoms with E-state index < -0.39 is 22.0 Å². The lowest BCUT2D eigenvalue weighted by Gasteiger charge is -2.59. The van der Waals surface area contributed by atoms with Crippen LogP contribution in [0.2, 0.25) is 0 Å². The summed E-state index contributed by atoms with van der Waals surface area (Å²) < 4.78 is 11.8. The average Bonchev–Trinajstić information content (AvgIpc) is 3.14. The molecule has 37 heavy (non-hydrogen) atoms. The first-order valence-corrected chi connectivity index (χ1v) is 14.4. The topological polar surface area (TPSA) is 72.8 Å². The van der Waals surface area contributed by atoms with Gasteiger partial charge in [0.05, 0.1) is 16.4 Å². The van der Waals surface area contributed by atoms with Gasteiger partial charge in [0.15, 0.2) is 0 Å². The standard InChI is InChI=1S/C16H26O3.C16H22O2/c1-4-14(2,3)13(17)19-16-8-11-5-12(9-16)7-15(18,6-11)10-16;1-5-15(2,3)14(17)18-16(4)11-10-12-8-6-7-9-13(12)16/h11-12,18H,4-10H2,1-3H3;6-9H,5,10-11H2,1-4H3. The highest BCUT2D eigenvalue weighted by molar-refractivity contribution is 5.77. The Morgan fingerprint density at radius 3 is 2.00 bits per heavy atom. The van der Waals surface area contributed by atoms with Crippen molar-refractivity contribution in [3.63, 3.8) is 0 Å². The molecule has 5 heteroatoms. The van der Waals surface area contributed by atoms with E-state index in [0.717, 1.165) is 51.4 Å². The van der Waals surface area contributed by atoms with Gasteiger partial charge in [0, 0.05) is 6.42 Å². The number of carbonyl (C=O) groups excluding carboxylic acids is 2. The maximum absolute atomic E-state index is 12.4. The third kappa shape index (κ3) is 5.62. The van der Waals surface area contributed by atoms with E-state index in [2.05, 4.69) is 12.1 Å². The van der Waals surface area contributed by atoms with Gasteiger partial charge < -0.3 is 14.6 Å². The summed E-state index contributed by atoms with van der Waals surface area (Å²) in [4.78, 5) is 24.6. The summed E-state index contributed by atoms with van der Waals surface area (Å²) in [6.45, 7) is 13.9. The normalized spacial score (nSPS) is 33.8. The van der Waals surface area contributed by atoms with Crippen LogP contribution in [0.25, 0.3) is 0 Å². The molecular formula is C32H48O5. The number of aryl methyl sites for hydroxylation is 1. The Hall–Kier alpha value is -1.88. The highest BCUT2D eigenvalue weighted by Gasteiger charge is 2.59. The van der Waals surface area contributed by atoms with Crippen LogP contribution in [0.5, 0.6) is 0 Å². The zero-order chi connectivity index (χ0) is 27.3. The van der Waals surface area contributed by atoms with Crippen molar-refractivity contribution < 1.29 is 24.2 Å². The van der Waals surface area contributed by atoms with E-state index in [-0.39, 0.29) is 17.5 Å². The van der Waals surface area contributed by atoms with Gasteiger partial charge in [-0.05, 0) is 115 Å². The monoisotopic (exact) mass is 512 g/mol. The largest absolute Gasteiger partial charge is 0.459 e. The lowest BCUT2D eigenvalue weighted by molar-refractivity contribution is -0.225. The second-order valence-corrected chi connectivity index (χ2v) is 14.0. The molecule has 5 nitrogen and oxygen atoms in total. The summed E-state index contributed by atoms with van der Waals surface area (Å²) in [6.07, 6.45) is 9.12. The summed E-state index contributed by atoms with van der Waals surface area (Å²) in [5.41, 5.74) is 0.308. The highest BCUT2D eigenvalue weighted by Crippen LogP contribution is 2.59. The fourth-order valence-corrected chi connectivity index (χ4v) is 7.08. The summed E-state index contributed by atoms with van der Waals surface area (Å²) in [7, 11) is 0. The van der Waals surface area contributed by atoms with Crippen molar-refractivity contribution in [2.75, 3.05) is 0 Å². The van der Waals surface area contributed by atoms with Gasteiger partial charge in [-0.25, -0.2) is 0 Å². The molecule has 5 aliphatic carbocycles. The zero-order valence-electron chi connectivity index (χ0n) is 24.1. The molecule has 1 aromatic carbocycles. The molecule has 6 rings (SSSR count). The molecule has 1 aromatic rings. The van der Waals surface area contributed by atoms with Crippen LogP contribution in [-0.4, -0.2) is 28.2 Å². The number of carbonyl (C=O) groups is 2. The van der Waals surface area contributed by atoms with Gasteiger partial charge in [-0.1, -0.05) is 38.1 Å². The van der Waals surface area contributed by atoms with Crippen molar-refractivity contribution in [2.45, 2.75) is 129 Å². The van der Waals surface area contributed by atoms with E-state index in [1.165, 1.54) is 17.5 Å². The fourth-order valence-electron chi connectivity index (χ4n) is 7.08. The van der Waals surface area contributed by atoms with E-state index in [1.807, 2.05) is 60.6 Å². The second-order valence-electron chi connectivity index (χ2n) is 14.0. The Kier molecular flexibility index (Phi) is 7.38. The van der Waals surface area contributed by atoms with Gasteiger partial charge in [0.1, 0.15) is 11.2 Å². The number of aliphatic hydroxyl groups is 1. The maximum Gasteiger partial charge on any atom is 0.312 e. The van der Waals surface area contributed by atoms with Crippen LogP contribution in [0, 0.1) is 22.7 Å². The van der Waals surface area contributed by atoms with E-state index in [9.17, 15) is 14.7 Å². The van der Waals surface area contributed by atoms with Crippen molar-refractivity contribution in [2.24, 2.45) is 22.7 Å². The Morgan fingerprint density at radius 2 is 1.46 bits per heavy atom. The van der Waals surface area contributed by atoms with Crippen LogP contribution in [0.15, 0.2) is 24.3 Å². The minimum Gasteiger partial charge on any atom is -0.459 e. The minimum absolute atomic E-state index is 0.0828. The molecule has 4 bridgehead atoms. The number of ether oxygens (including phenoxy) is 2. The summed E-state index contributed by atoms with van der Waals surface area (Å²) in [5, 5.41) is 10.6. The van der Waals surface area contributed by atoms with E-state index in [1.54, 1.807) is 0 Å². The van der Waals surface area contributed by atoms with Crippen LogP contribution in [0.1, 0.15) is 117 Å². The van der Waals surface area contributed by atoms with Gasteiger partial charge in [0.25, 0.3) is 0 Å². The quantitative estimate of drug-likeness (QED) is 0.421. The van der Waals surface area contributed by atoms with Crippen molar-refractivity contribution in [3.8, 4) is 0 Å². The number of rotatable bonds is 6. The first-order chi connectivity index (χ1) is 17.1. The molecule has 0 heterocycles. The predicted molar refractivity (Wildman–Crippen MR) is 145 cm³/mol. The third-order valence-electron chi connectivity index (χ3n) is 9.94. The summed E-state index contributed by atoms with van der Waals surface area (Å²) in [5.74, 6) is 0.942. The first kappa shape index (κ1) is 28.1. The van der Waals surface area contributed by atoms with Crippen molar-refractivity contribution >= 4 is 11.9 Å². The van der Waals surface area contributed by atoms with Crippen LogP contribution in [0.3, 0.4) is 0 Å². The van der Waals surface area contributed by atoms with E-state index in [4.69, 9.17) is 9.47 Å². The lowest BCUT2D eigenvalue weighted by atomic mass is 9.52. The van der Waals surface area contributed by atoms with Crippen molar-refractivity contribution in [1.82, 2.24) is 0 Å². The molecule has 206 valence electrons. The van der Waals surface area contributed by atoms with Gasteiger partial charge in [-0.15, -0.1) is 0 Å². The third-order valence-corrected chi connectivity index (χ3v) is 9.94. The van der Waals surface area contributed by atoms with E-state index >= 15 is 0 Å². The molecule has 3 atom stereocenters. The van der Waals surface area contributed by atoms with Gasteiger partial charge in [-0.3, -0.25) is 9.59 Å². The summed E-state index contributed by atoms with van der Waals surface area (Å²) in [6, 6.07) is 8.26. The average molecular weight is 513 g/mol. The fraction of sp³-hybridized carbons (Fsp3) is 0.750. The summed E-state index contributed by atoms with van der Waals surface area (Å²) >= 11 is 0. The number of esters is 2. The molecule has 0 amide bonds. The van der Waals surface area contributed by atoms with Crippen molar-refractivity contribution in [3.05, 3.63) is 35.4 Å². The van der Waals surface area contributed by atoms with Crippen molar-refractivity contribution in [1.29, 1.82) is 0 Å². The number of benzene rings is 1. The molecule has 0 aromatic heterocycles. The molecule has 4 saturated carbocycles. The van der Waals surface area contributed by atoms with Gasteiger partial charge in [-0.2, -0.15) is 0 Å². The molecule has 0 saturated heterocycles. The molecular weight excluding hydrogens is 464 g/mol. The zero-order valence-corrected chi connectivity index (χ0v) is 24.1. The Morgan fingerprint density at radius 1 is 0.919 bits per heavy atom. The van der Waals surface area contributed by atoms with Gasteiger partial charge >= 0.3 is 11.9 Å². The second kappa shape index (κ2) is 9.70.